The van der Waals surface area contributed by atoms with E-state index in [4.69, 9.17) is 5.26 Å². The molecule has 0 saturated carbocycles. The molecule has 2 N–H and O–H groups in total. The van der Waals surface area contributed by atoms with Gasteiger partial charge in [0.2, 0.25) is 5.91 Å². The van der Waals surface area contributed by atoms with Crippen LogP contribution in [0.3, 0.4) is 0 Å². The van der Waals surface area contributed by atoms with Gasteiger partial charge in [-0.3, -0.25) is 4.79 Å². The van der Waals surface area contributed by atoms with Crippen LogP contribution < -0.4 is 10.6 Å². The molecule has 0 aliphatic carbocycles. The van der Waals surface area contributed by atoms with Crippen molar-refractivity contribution in [3.8, 4) is 6.07 Å². The first-order chi connectivity index (χ1) is 10.2. The van der Waals surface area contributed by atoms with Gasteiger partial charge in [0.05, 0.1) is 18.2 Å². The Morgan fingerprint density at radius 3 is 2.43 bits per heavy atom. The van der Waals surface area contributed by atoms with Crippen LogP contribution in [0.15, 0.2) is 54.6 Å². The van der Waals surface area contributed by atoms with Crippen LogP contribution in [-0.2, 0) is 4.79 Å². The SMILES string of the molecule is CC(NCC(=O)Nc1ccccc1)c1ccc(C#N)cc1. The van der Waals surface area contributed by atoms with Crippen LogP contribution in [0, 0.1) is 11.3 Å². The molecule has 0 radical (unpaired) electrons. The molecule has 0 saturated heterocycles. The molecule has 4 heteroatoms. The van der Waals surface area contributed by atoms with Gasteiger partial charge < -0.3 is 10.6 Å². The summed E-state index contributed by atoms with van der Waals surface area (Å²) in [5, 5.41) is 14.7. The smallest absolute Gasteiger partial charge is 0.238 e. The highest BCUT2D eigenvalue weighted by atomic mass is 16.1. The minimum absolute atomic E-state index is 0.0410. The van der Waals surface area contributed by atoms with Crippen molar-refractivity contribution in [2.75, 3.05) is 11.9 Å². The minimum atomic E-state index is -0.0818. The van der Waals surface area contributed by atoms with E-state index in [1.807, 2.05) is 49.4 Å². The summed E-state index contributed by atoms with van der Waals surface area (Å²) < 4.78 is 0. The lowest BCUT2D eigenvalue weighted by atomic mass is 10.1. The molecule has 0 fully saturated rings. The predicted octanol–water partition coefficient (Wildman–Crippen LogP) is 2.85. The van der Waals surface area contributed by atoms with E-state index >= 15 is 0 Å². The summed E-state index contributed by atoms with van der Waals surface area (Å²) in [4.78, 5) is 11.8. The Balaban J connectivity index is 1.84. The van der Waals surface area contributed by atoms with Crippen molar-refractivity contribution in [1.82, 2.24) is 5.32 Å². The van der Waals surface area contributed by atoms with E-state index in [0.717, 1.165) is 11.3 Å². The standard InChI is InChI=1S/C17H17N3O/c1-13(15-9-7-14(11-18)8-10-15)19-12-17(21)20-16-5-3-2-4-6-16/h2-10,13,19H,12H2,1H3,(H,20,21). The number of carbonyl (C=O) groups excluding carboxylic acids is 1. The fraction of sp³-hybridized carbons (Fsp3) is 0.176. The summed E-state index contributed by atoms with van der Waals surface area (Å²) in [7, 11) is 0. The van der Waals surface area contributed by atoms with E-state index < -0.39 is 0 Å². The Kier molecular flexibility index (Phi) is 5.08. The second-order valence-corrected chi connectivity index (χ2v) is 4.75. The third-order valence-electron chi connectivity index (χ3n) is 3.17. The van der Waals surface area contributed by atoms with E-state index in [-0.39, 0.29) is 18.5 Å². The lowest BCUT2D eigenvalue weighted by molar-refractivity contribution is -0.115. The predicted molar refractivity (Wildman–Crippen MR) is 82.6 cm³/mol. The quantitative estimate of drug-likeness (QED) is 0.884. The normalized spacial score (nSPS) is 11.4. The van der Waals surface area contributed by atoms with Gasteiger partial charge in [0.1, 0.15) is 0 Å². The number of hydrogen-bond donors (Lipinski definition) is 2. The average Bonchev–Trinajstić information content (AvgIpc) is 2.53. The number of hydrogen-bond acceptors (Lipinski definition) is 3. The maximum atomic E-state index is 11.8. The summed E-state index contributed by atoms with van der Waals surface area (Å²) in [5.74, 6) is -0.0818. The van der Waals surface area contributed by atoms with Crippen molar-refractivity contribution in [1.29, 1.82) is 5.26 Å². The van der Waals surface area contributed by atoms with Crippen molar-refractivity contribution >= 4 is 11.6 Å². The fourth-order valence-electron chi connectivity index (χ4n) is 1.94. The molecule has 0 bridgehead atoms. The molecular formula is C17H17N3O. The molecule has 0 heterocycles. The van der Waals surface area contributed by atoms with E-state index in [0.29, 0.717) is 5.56 Å². The van der Waals surface area contributed by atoms with Gasteiger partial charge in [-0.2, -0.15) is 5.26 Å². The molecule has 2 aromatic rings. The van der Waals surface area contributed by atoms with E-state index in [1.54, 1.807) is 12.1 Å². The molecular weight excluding hydrogens is 262 g/mol. The number of anilines is 1. The molecule has 0 aromatic heterocycles. The molecule has 4 nitrogen and oxygen atoms in total. The zero-order chi connectivity index (χ0) is 15.1. The van der Waals surface area contributed by atoms with Crippen LogP contribution in [0.25, 0.3) is 0 Å². The number of para-hydroxylation sites is 1. The monoisotopic (exact) mass is 279 g/mol. The zero-order valence-electron chi connectivity index (χ0n) is 11.8. The van der Waals surface area contributed by atoms with Gasteiger partial charge in [-0.05, 0) is 36.8 Å². The molecule has 106 valence electrons. The maximum Gasteiger partial charge on any atom is 0.238 e. The maximum absolute atomic E-state index is 11.8. The zero-order valence-corrected chi connectivity index (χ0v) is 11.8. The first kappa shape index (κ1) is 14.8. The minimum Gasteiger partial charge on any atom is -0.325 e. The Hall–Kier alpha value is -2.64. The highest BCUT2D eigenvalue weighted by Crippen LogP contribution is 2.13. The Labute approximate surface area is 124 Å². The first-order valence-corrected chi connectivity index (χ1v) is 6.77. The van der Waals surface area contributed by atoms with E-state index in [2.05, 4.69) is 16.7 Å². The lowest BCUT2D eigenvalue weighted by Gasteiger charge is -2.14. The van der Waals surface area contributed by atoms with Crippen molar-refractivity contribution in [3.05, 3.63) is 65.7 Å². The number of benzene rings is 2. The molecule has 1 amide bonds. The van der Waals surface area contributed by atoms with Crippen LogP contribution in [0.2, 0.25) is 0 Å². The highest BCUT2D eigenvalue weighted by molar-refractivity contribution is 5.92. The summed E-state index contributed by atoms with van der Waals surface area (Å²) in [6, 6.07) is 18.8. The van der Waals surface area contributed by atoms with Gasteiger partial charge >= 0.3 is 0 Å². The highest BCUT2D eigenvalue weighted by Gasteiger charge is 2.08. The van der Waals surface area contributed by atoms with Gasteiger partial charge in [-0.15, -0.1) is 0 Å². The largest absolute Gasteiger partial charge is 0.325 e. The molecule has 2 aromatic carbocycles. The lowest BCUT2D eigenvalue weighted by Crippen LogP contribution is -2.30. The van der Waals surface area contributed by atoms with Gasteiger partial charge in [-0.1, -0.05) is 30.3 Å². The van der Waals surface area contributed by atoms with Crippen LogP contribution in [-0.4, -0.2) is 12.5 Å². The van der Waals surface area contributed by atoms with Crippen molar-refractivity contribution in [3.63, 3.8) is 0 Å². The number of nitriles is 1. The number of nitrogens with one attached hydrogen (secondary N) is 2. The summed E-state index contributed by atoms with van der Waals surface area (Å²) in [6.07, 6.45) is 0. The molecule has 0 spiro atoms. The molecule has 1 unspecified atom stereocenters. The molecule has 0 aliphatic rings. The van der Waals surface area contributed by atoms with Gasteiger partial charge in [0.15, 0.2) is 0 Å². The second-order valence-electron chi connectivity index (χ2n) is 4.75. The Morgan fingerprint density at radius 2 is 1.81 bits per heavy atom. The number of amides is 1. The van der Waals surface area contributed by atoms with Crippen LogP contribution in [0.1, 0.15) is 24.1 Å². The summed E-state index contributed by atoms with van der Waals surface area (Å²) in [5.41, 5.74) is 2.46. The van der Waals surface area contributed by atoms with Crippen LogP contribution in [0.4, 0.5) is 5.69 Å². The van der Waals surface area contributed by atoms with Crippen LogP contribution in [0.5, 0.6) is 0 Å². The van der Waals surface area contributed by atoms with Crippen molar-refractivity contribution in [2.45, 2.75) is 13.0 Å². The van der Waals surface area contributed by atoms with Gasteiger partial charge in [0.25, 0.3) is 0 Å². The van der Waals surface area contributed by atoms with Gasteiger partial charge in [-0.25, -0.2) is 0 Å². The third-order valence-corrected chi connectivity index (χ3v) is 3.17. The number of nitrogens with zero attached hydrogens (tertiary/aromatic N) is 1. The molecule has 0 aliphatic heterocycles. The topological polar surface area (TPSA) is 64.9 Å². The summed E-state index contributed by atoms with van der Waals surface area (Å²) in [6.45, 7) is 2.22. The molecule has 1 atom stereocenters. The molecule has 21 heavy (non-hydrogen) atoms. The molecule has 2 rings (SSSR count). The number of rotatable bonds is 5. The summed E-state index contributed by atoms with van der Waals surface area (Å²) >= 11 is 0. The van der Waals surface area contributed by atoms with Crippen molar-refractivity contribution < 1.29 is 4.79 Å². The third kappa shape index (κ3) is 4.44. The number of carbonyl (C=O) groups is 1. The Morgan fingerprint density at radius 1 is 1.14 bits per heavy atom. The average molecular weight is 279 g/mol. The van der Waals surface area contributed by atoms with E-state index in [1.165, 1.54) is 0 Å². The van der Waals surface area contributed by atoms with Crippen LogP contribution >= 0.6 is 0 Å². The van der Waals surface area contributed by atoms with Crippen molar-refractivity contribution in [2.24, 2.45) is 0 Å². The first-order valence-electron chi connectivity index (χ1n) is 6.77. The van der Waals surface area contributed by atoms with E-state index in [9.17, 15) is 4.79 Å². The second kappa shape index (κ2) is 7.22. The fourth-order valence-corrected chi connectivity index (χ4v) is 1.94. The van der Waals surface area contributed by atoms with Gasteiger partial charge in [0, 0.05) is 11.7 Å². The Bertz CT molecular complexity index is 629.